The predicted molar refractivity (Wildman–Crippen MR) is 72.2 cm³/mol. The molecule has 0 bridgehead atoms. The monoisotopic (exact) mass is 236 g/mol. The number of pyridine rings is 1. The van der Waals surface area contributed by atoms with Crippen molar-refractivity contribution in [2.75, 3.05) is 11.9 Å². The zero-order valence-electron chi connectivity index (χ0n) is 11.2. The minimum atomic E-state index is 0.334. The molecule has 1 unspecified atom stereocenters. The second kappa shape index (κ2) is 8.07. The number of aromatic nitrogens is 1. The lowest BCUT2D eigenvalue weighted by Gasteiger charge is -2.12. The van der Waals surface area contributed by atoms with Crippen LogP contribution in [0.2, 0.25) is 0 Å². The molecule has 3 nitrogen and oxygen atoms in total. The standard InChI is InChI=1S/C14H24N2O/c1-4-6-12(3)17-11-13-7-9-16-14(10-13)15-8-5-2/h7,9-10,12H,4-6,8,11H2,1-3H3,(H,15,16). The van der Waals surface area contributed by atoms with Crippen molar-refractivity contribution in [3.8, 4) is 0 Å². The number of ether oxygens (including phenoxy) is 1. The van der Waals surface area contributed by atoms with Crippen LogP contribution in [0.4, 0.5) is 5.82 Å². The van der Waals surface area contributed by atoms with Crippen LogP contribution >= 0.6 is 0 Å². The Morgan fingerprint density at radius 1 is 1.35 bits per heavy atom. The Morgan fingerprint density at radius 3 is 2.88 bits per heavy atom. The van der Waals surface area contributed by atoms with Crippen LogP contribution < -0.4 is 5.32 Å². The summed E-state index contributed by atoms with van der Waals surface area (Å²) < 4.78 is 5.77. The van der Waals surface area contributed by atoms with E-state index in [1.807, 2.05) is 12.3 Å². The van der Waals surface area contributed by atoms with Gasteiger partial charge in [0.25, 0.3) is 0 Å². The van der Waals surface area contributed by atoms with Gasteiger partial charge in [-0.1, -0.05) is 20.3 Å². The summed E-state index contributed by atoms with van der Waals surface area (Å²) in [5.74, 6) is 0.941. The maximum atomic E-state index is 5.77. The van der Waals surface area contributed by atoms with E-state index < -0.39 is 0 Å². The molecule has 17 heavy (non-hydrogen) atoms. The number of rotatable bonds is 8. The first-order valence-electron chi connectivity index (χ1n) is 6.56. The zero-order chi connectivity index (χ0) is 12.5. The van der Waals surface area contributed by atoms with Crippen molar-refractivity contribution in [1.82, 2.24) is 4.98 Å². The highest BCUT2D eigenvalue weighted by Crippen LogP contribution is 2.10. The lowest BCUT2D eigenvalue weighted by atomic mass is 10.2. The Kier molecular flexibility index (Phi) is 6.63. The van der Waals surface area contributed by atoms with E-state index in [0.29, 0.717) is 12.7 Å². The van der Waals surface area contributed by atoms with Crippen LogP contribution in [0.3, 0.4) is 0 Å². The van der Waals surface area contributed by atoms with Gasteiger partial charge in [0.2, 0.25) is 0 Å². The van der Waals surface area contributed by atoms with Crippen molar-refractivity contribution in [1.29, 1.82) is 0 Å². The van der Waals surface area contributed by atoms with Gasteiger partial charge in [0.15, 0.2) is 0 Å². The maximum absolute atomic E-state index is 5.77. The molecule has 1 heterocycles. The normalized spacial score (nSPS) is 12.4. The molecule has 1 aromatic rings. The van der Waals surface area contributed by atoms with Crippen molar-refractivity contribution in [2.45, 2.75) is 52.7 Å². The fourth-order valence-electron chi connectivity index (χ4n) is 1.64. The van der Waals surface area contributed by atoms with Crippen molar-refractivity contribution >= 4 is 5.82 Å². The molecule has 0 saturated heterocycles. The van der Waals surface area contributed by atoms with Gasteiger partial charge in [-0.25, -0.2) is 4.98 Å². The SMILES string of the molecule is CCCNc1cc(COC(C)CCC)ccn1. The Morgan fingerprint density at radius 2 is 2.18 bits per heavy atom. The van der Waals surface area contributed by atoms with E-state index in [0.717, 1.165) is 25.2 Å². The second-order valence-electron chi connectivity index (χ2n) is 4.39. The van der Waals surface area contributed by atoms with E-state index in [1.54, 1.807) is 0 Å². The average Bonchev–Trinajstić information content (AvgIpc) is 2.35. The van der Waals surface area contributed by atoms with Crippen LogP contribution in [0.1, 0.15) is 45.6 Å². The Labute approximate surface area is 105 Å². The van der Waals surface area contributed by atoms with Crippen molar-refractivity contribution in [3.05, 3.63) is 23.9 Å². The summed E-state index contributed by atoms with van der Waals surface area (Å²) in [5, 5.41) is 3.28. The third-order valence-electron chi connectivity index (χ3n) is 2.61. The third-order valence-corrected chi connectivity index (χ3v) is 2.61. The Bertz CT molecular complexity index is 315. The number of hydrogen-bond acceptors (Lipinski definition) is 3. The highest BCUT2D eigenvalue weighted by Gasteiger charge is 2.02. The van der Waals surface area contributed by atoms with Crippen LogP contribution in [0.15, 0.2) is 18.3 Å². The molecule has 1 atom stereocenters. The van der Waals surface area contributed by atoms with E-state index in [-0.39, 0.29) is 0 Å². The van der Waals surface area contributed by atoms with Crippen LogP contribution in [0.5, 0.6) is 0 Å². The van der Waals surface area contributed by atoms with Gasteiger partial charge < -0.3 is 10.1 Å². The van der Waals surface area contributed by atoms with Gasteiger partial charge in [-0.3, -0.25) is 0 Å². The van der Waals surface area contributed by atoms with Crippen LogP contribution in [-0.4, -0.2) is 17.6 Å². The third kappa shape index (κ3) is 5.68. The molecular formula is C14H24N2O. The molecule has 1 aromatic heterocycles. The summed E-state index contributed by atoms with van der Waals surface area (Å²) in [6.45, 7) is 8.08. The molecule has 0 aromatic carbocycles. The predicted octanol–water partition coefficient (Wildman–Crippen LogP) is 3.61. The summed E-state index contributed by atoms with van der Waals surface area (Å²) >= 11 is 0. The highest BCUT2D eigenvalue weighted by molar-refractivity contribution is 5.37. The summed E-state index contributed by atoms with van der Waals surface area (Å²) in [5.41, 5.74) is 1.18. The molecular weight excluding hydrogens is 212 g/mol. The molecule has 0 aliphatic rings. The van der Waals surface area contributed by atoms with Gasteiger partial charge in [0.05, 0.1) is 12.7 Å². The average molecular weight is 236 g/mol. The highest BCUT2D eigenvalue weighted by atomic mass is 16.5. The second-order valence-corrected chi connectivity index (χ2v) is 4.39. The number of nitrogens with zero attached hydrogens (tertiary/aromatic N) is 1. The summed E-state index contributed by atoms with van der Waals surface area (Å²) in [4.78, 5) is 4.27. The van der Waals surface area contributed by atoms with Gasteiger partial charge in [0.1, 0.15) is 5.82 Å². The van der Waals surface area contributed by atoms with E-state index in [4.69, 9.17) is 4.74 Å². The van der Waals surface area contributed by atoms with E-state index in [2.05, 4.69) is 37.1 Å². The summed E-state index contributed by atoms with van der Waals surface area (Å²) in [6.07, 6.45) is 5.56. The van der Waals surface area contributed by atoms with Gasteiger partial charge in [-0.05, 0) is 37.5 Å². The maximum Gasteiger partial charge on any atom is 0.126 e. The first-order chi connectivity index (χ1) is 8.26. The number of nitrogens with one attached hydrogen (secondary N) is 1. The lowest BCUT2D eigenvalue weighted by molar-refractivity contribution is 0.0472. The lowest BCUT2D eigenvalue weighted by Crippen LogP contribution is -2.08. The largest absolute Gasteiger partial charge is 0.374 e. The Hall–Kier alpha value is -1.09. The molecule has 0 amide bonds. The van der Waals surface area contributed by atoms with E-state index in [1.165, 1.54) is 12.0 Å². The topological polar surface area (TPSA) is 34.1 Å². The Balaban J connectivity index is 2.42. The fraction of sp³-hybridized carbons (Fsp3) is 0.643. The van der Waals surface area contributed by atoms with Crippen molar-refractivity contribution < 1.29 is 4.74 Å². The molecule has 96 valence electrons. The molecule has 0 spiro atoms. The number of hydrogen-bond donors (Lipinski definition) is 1. The smallest absolute Gasteiger partial charge is 0.126 e. The fourth-order valence-corrected chi connectivity index (χ4v) is 1.64. The molecule has 0 radical (unpaired) electrons. The molecule has 0 saturated carbocycles. The molecule has 0 aliphatic carbocycles. The number of anilines is 1. The molecule has 0 fully saturated rings. The quantitative estimate of drug-likeness (QED) is 0.748. The van der Waals surface area contributed by atoms with Gasteiger partial charge >= 0.3 is 0 Å². The summed E-state index contributed by atoms with van der Waals surface area (Å²) in [7, 11) is 0. The van der Waals surface area contributed by atoms with Gasteiger partial charge in [-0.2, -0.15) is 0 Å². The zero-order valence-corrected chi connectivity index (χ0v) is 11.2. The molecule has 0 aliphatic heterocycles. The molecule has 3 heteroatoms. The van der Waals surface area contributed by atoms with E-state index in [9.17, 15) is 0 Å². The summed E-state index contributed by atoms with van der Waals surface area (Å²) in [6, 6.07) is 4.07. The molecule has 1 N–H and O–H groups in total. The first-order valence-corrected chi connectivity index (χ1v) is 6.56. The van der Waals surface area contributed by atoms with Crippen molar-refractivity contribution in [2.24, 2.45) is 0 Å². The van der Waals surface area contributed by atoms with Gasteiger partial charge in [0, 0.05) is 12.7 Å². The van der Waals surface area contributed by atoms with Crippen molar-refractivity contribution in [3.63, 3.8) is 0 Å². The van der Waals surface area contributed by atoms with Crippen LogP contribution in [0.25, 0.3) is 0 Å². The van der Waals surface area contributed by atoms with Gasteiger partial charge in [-0.15, -0.1) is 0 Å². The van der Waals surface area contributed by atoms with Crippen LogP contribution in [-0.2, 0) is 11.3 Å². The minimum absolute atomic E-state index is 0.334. The van der Waals surface area contributed by atoms with E-state index >= 15 is 0 Å². The van der Waals surface area contributed by atoms with Crippen LogP contribution in [0, 0.1) is 0 Å². The first kappa shape index (κ1) is 14.0. The molecule has 1 rings (SSSR count). The minimum Gasteiger partial charge on any atom is -0.374 e.